The van der Waals surface area contributed by atoms with Crippen LogP contribution in [-0.2, 0) is 4.74 Å². The molecule has 1 atom stereocenters. The molecule has 0 spiro atoms. The molecule has 3 nitrogen and oxygen atoms in total. The lowest BCUT2D eigenvalue weighted by atomic mass is 10.0. The van der Waals surface area contributed by atoms with Crippen molar-refractivity contribution in [3.63, 3.8) is 0 Å². The Morgan fingerprint density at radius 1 is 1.29 bits per heavy atom. The van der Waals surface area contributed by atoms with Crippen LogP contribution in [0.5, 0.6) is 0 Å². The minimum absolute atomic E-state index is 0.119. The fraction of sp³-hybridized carbons (Fsp3) is 1.00. The molecule has 2 saturated heterocycles. The third kappa shape index (κ3) is 3.67. The van der Waals surface area contributed by atoms with Gasteiger partial charge in [0.15, 0.2) is 0 Å². The quantitative estimate of drug-likeness (QED) is 0.795. The van der Waals surface area contributed by atoms with E-state index < -0.39 is 0 Å². The highest BCUT2D eigenvalue weighted by molar-refractivity contribution is 4.90. The molecule has 17 heavy (non-hydrogen) atoms. The molecule has 0 aliphatic carbocycles. The second kappa shape index (κ2) is 6.17. The first kappa shape index (κ1) is 13.3. The Balaban J connectivity index is 1.71. The smallest absolute Gasteiger partial charge is 0.0902 e. The van der Waals surface area contributed by atoms with Crippen LogP contribution in [0.4, 0.5) is 0 Å². The zero-order chi connectivity index (χ0) is 12.1. The van der Waals surface area contributed by atoms with E-state index >= 15 is 0 Å². The molecule has 100 valence electrons. The SMILES string of the molecule is CCC1CCCCCN1CCOC1(C)CNC1. The van der Waals surface area contributed by atoms with Gasteiger partial charge in [-0.2, -0.15) is 0 Å². The zero-order valence-corrected chi connectivity index (χ0v) is 11.5. The molecule has 3 heteroatoms. The van der Waals surface area contributed by atoms with Crippen LogP contribution in [0.1, 0.15) is 46.0 Å². The molecule has 0 bridgehead atoms. The summed E-state index contributed by atoms with van der Waals surface area (Å²) in [5, 5.41) is 3.28. The predicted octanol–water partition coefficient (Wildman–Crippen LogP) is 2.02. The molecule has 2 aliphatic heterocycles. The minimum Gasteiger partial charge on any atom is -0.371 e. The van der Waals surface area contributed by atoms with Crippen molar-refractivity contribution in [2.24, 2.45) is 0 Å². The molecule has 0 radical (unpaired) electrons. The molecule has 0 aromatic carbocycles. The van der Waals surface area contributed by atoms with Gasteiger partial charge in [0.25, 0.3) is 0 Å². The normalized spacial score (nSPS) is 29.6. The first-order chi connectivity index (χ1) is 8.23. The number of hydrogen-bond donors (Lipinski definition) is 1. The van der Waals surface area contributed by atoms with Crippen LogP contribution in [0.3, 0.4) is 0 Å². The summed E-state index contributed by atoms with van der Waals surface area (Å²) in [5.74, 6) is 0. The van der Waals surface area contributed by atoms with Crippen LogP contribution in [0, 0.1) is 0 Å². The summed E-state index contributed by atoms with van der Waals surface area (Å²) in [6.07, 6.45) is 6.87. The first-order valence-electron chi connectivity index (χ1n) is 7.32. The maximum Gasteiger partial charge on any atom is 0.0902 e. The predicted molar refractivity (Wildman–Crippen MR) is 71.3 cm³/mol. The van der Waals surface area contributed by atoms with Crippen molar-refractivity contribution >= 4 is 0 Å². The summed E-state index contributed by atoms with van der Waals surface area (Å²) in [7, 11) is 0. The van der Waals surface area contributed by atoms with Crippen molar-refractivity contribution in [3.8, 4) is 0 Å². The van der Waals surface area contributed by atoms with Gasteiger partial charge in [0.2, 0.25) is 0 Å². The van der Waals surface area contributed by atoms with E-state index in [-0.39, 0.29) is 5.60 Å². The molecule has 2 heterocycles. The molecule has 2 aliphatic rings. The lowest BCUT2D eigenvalue weighted by Crippen LogP contribution is -2.59. The topological polar surface area (TPSA) is 24.5 Å². The third-order valence-corrected chi connectivity index (χ3v) is 4.30. The van der Waals surface area contributed by atoms with Crippen LogP contribution in [-0.4, -0.2) is 49.3 Å². The Hall–Kier alpha value is -0.120. The van der Waals surface area contributed by atoms with E-state index in [0.717, 1.165) is 32.3 Å². The van der Waals surface area contributed by atoms with Gasteiger partial charge < -0.3 is 10.1 Å². The molecule has 1 N–H and O–H groups in total. The average Bonchev–Trinajstić information content (AvgIpc) is 2.52. The highest BCUT2D eigenvalue weighted by Gasteiger charge is 2.32. The van der Waals surface area contributed by atoms with Gasteiger partial charge in [-0.3, -0.25) is 4.90 Å². The first-order valence-corrected chi connectivity index (χ1v) is 7.32. The van der Waals surface area contributed by atoms with Gasteiger partial charge in [0, 0.05) is 25.7 Å². The number of nitrogens with zero attached hydrogens (tertiary/aromatic N) is 1. The Morgan fingerprint density at radius 2 is 2.12 bits per heavy atom. The number of ether oxygens (including phenoxy) is 1. The van der Waals surface area contributed by atoms with Crippen molar-refractivity contribution in [3.05, 3.63) is 0 Å². The van der Waals surface area contributed by atoms with E-state index in [2.05, 4.69) is 24.1 Å². The summed E-state index contributed by atoms with van der Waals surface area (Å²) in [4.78, 5) is 2.66. The molecule has 2 rings (SSSR count). The molecule has 1 unspecified atom stereocenters. The van der Waals surface area contributed by atoms with Crippen molar-refractivity contribution in [1.29, 1.82) is 0 Å². The highest BCUT2D eigenvalue weighted by atomic mass is 16.5. The maximum absolute atomic E-state index is 6.00. The minimum atomic E-state index is 0.119. The van der Waals surface area contributed by atoms with E-state index in [9.17, 15) is 0 Å². The second-order valence-corrected chi connectivity index (χ2v) is 5.85. The van der Waals surface area contributed by atoms with E-state index in [4.69, 9.17) is 4.74 Å². The zero-order valence-electron chi connectivity index (χ0n) is 11.5. The summed E-state index contributed by atoms with van der Waals surface area (Å²) in [5.41, 5.74) is 0.119. The van der Waals surface area contributed by atoms with Crippen LogP contribution < -0.4 is 5.32 Å². The summed E-state index contributed by atoms with van der Waals surface area (Å²) in [6.45, 7) is 9.86. The standard InChI is InChI=1S/C14H28N2O/c1-3-13-7-5-4-6-8-16(13)9-10-17-14(2)11-15-12-14/h13,15H,3-12H2,1-2H3. The molecule has 0 aromatic rings. The fourth-order valence-electron chi connectivity index (χ4n) is 2.98. The van der Waals surface area contributed by atoms with Gasteiger partial charge in [-0.25, -0.2) is 0 Å². The summed E-state index contributed by atoms with van der Waals surface area (Å²) >= 11 is 0. The molecule has 0 aromatic heterocycles. The highest BCUT2D eigenvalue weighted by Crippen LogP contribution is 2.20. The number of rotatable bonds is 5. The molecule has 0 saturated carbocycles. The maximum atomic E-state index is 6.00. The molecular weight excluding hydrogens is 212 g/mol. The Morgan fingerprint density at radius 3 is 2.76 bits per heavy atom. The second-order valence-electron chi connectivity index (χ2n) is 5.85. The van der Waals surface area contributed by atoms with Gasteiger partial charge >= 0.3 is 0 Å². The Kier molecular flexibility index (Phi) is 4.83. The third-order valence-electron chi connectivity index (χ3n) is 4.30. The average molecular weight is 240 g/mol. The lowest BCUT2D eigenvalue weighted by molar-refractivity contribution is -0.0744. The Labute approximate surface area is 106 Å². The largest absolute Gasteiger partial charge is 0.371 e. The van der Waals surface area contributed by atoms with Gasteiger partial charge in [0.05, 0.1) is 12.2 Å². The van der Waals surface area contributed by atoms with Crippen molar-refractivity contribution in [1.82, 2.24) is 10.2 Å². The number of likely N-dealkylation sites (tertiary alicyclic amines) is 1. The van der Waals surface area contributed by atoms with E-state index in [0.29, 0.717) is 0 Å². The van der Waals surface area contributed by atoms with Crippen molar-refractivity contribution in [2.75, 3.05) is 32.8 Å². The number of nitrogens with one attached hydrogen (secondary N) is 1. The summed E-state index contributed by atoms with van der Waals surface area (Å²) in [6, 6.07) is 0.799. The van der Waals surface area contributed by atoms with E-state index in [1.54, 1.807) is 0 Å². The van der Waals surface area contributed by atoms with Crippen LogP contribution >= 0.6 is 0 Å². The van der Waals surface area contributed by atoms with Gasteiger partial charge in [-0.05, 0) is 32.7 Å². The molecular formula is C14H28N2O. The molecule has 2 fully saturated rings. The van der Waals surface area contributed by atoms with Gasteiger partial charge in [-0.1, -0.05) is 19.8 Å². The van der Waals surface area contributed by atoms with Gasteiger partial charge in [-0.15, -0.1) is 0 Å². The Bertz CT molecular complexity index is 228. The monoisotopic (exact) mass is 240 g/mol. The fourth-order valence-corrected chi connectivity index (χ4v) is 2.98. The van der Waals surface area contributed by atoms with E-state index in [1.807, 2.05) is 0 Å². The number of hydrogen-bond acceptors (Lipinski definition) is 3. The molecule has 0 amide bonds. The van der Waals surface area contributed by atoms with Crippen LogP contribution in [0.2, 0.25) is 0 Å². The van der Waals surface area contributed by atoms with Gasteiger partial charge in [0.1, 0.15) is 0 Å². The van der Waals surface area contributed by atoms with Crippen LogP contribution in [0.15, 0.2) is 0 Å². The summed E-state index contributed by atoms with van der Waals surface area (Å²) < 4.78 is 6.00. The lowest BCUT2D eigenvalue weighted by Gasteiger charge is -2.40. The van der Waals surface area contributed by atoms with Crippen LogP contribution in [0.25, 0.3) is 0 Å². The van der Waals surface area contributed by atoms with E-state index in [1.165, 1.54) is 38.6 Å². The van der Waals surface area contributed by atoms with Crippen molar-refractivity contribution in [2.45, 2.75) is 57.6 Å². The van der Waals surface area contributed by atoms with Crippen molar-refractivity contribution < 1.29 is 4.74 Å².